The van der Waals surface area contributed by atoms with Crippen LogP contribution in [0, 0.1) is 0 Å². The summed E-state index contributed by atoms with van der Waals surface area (Å²) >= 11 is 1.88. The lowest BCUT2D eigenvalue weighted by Crippen LogP contribution is -1.99. The van der Waals surface area contributed by atoms with Gasteiger partial charge in [-0.15, -0.1) is 11.3 Å². The molecule has 0 radical (unpaired) electrons. The Kier molecular flexibility index (Phi) is 5.74. The van der Waals surface area contributed by atoms with E-state index in [1.165, 1.54) is 53.1 Å². The SMILES string of the molecule is c1ccc(-n2c(-c3cccc(-n4c5ccccc5c5cc(-c6cccc7c6sc6ccccc67)ccc54)c3)nc3ccccc32)cc1. The van der Waals surface area contributed by atoms with Crippen molar-refractivity contribution in [2.45, 2.75) is 0 Å². The molecule has 10 rings (SSSR count). The molecule has 0 aliphatic rings. The first-order chi connectivity index (χ1) is 23.3. The molecule has 0 bridgehead atoms. The second kappa shape index (κ2) is 10.3. The third kappa shape index (κ3) is 4.02. The zero-order valence-electron chi connectivity index (χ0n) is 25.3. The van der Waals surface area contributed by atoms with Crippen molar-refractivity contribution in [1.29, 1.82) is 0 Å². The van der Waals surface area contributed by atoms with E-state index >= 15 is 0 Å². The van der Waals surface area contributed by atoms with E-state index in [1.807, 2.05) is 11.3 Å². The van der Waals surface area contributed by atoms with E-state index in [4.69, 9.17) is 4.98 Å². The first-order valence-electron chi connectivity index (χ1n) is 15.9. The molecule has 0 fully saturated rings. The molecule has 0 aliphatic heterocycles. The van der Waals surface area contributed by atoms with Crippen molar-refractivity contribution in [1.82, 2.24) is 14.1 Å². The molecule has 3 aromatic heterocycles. The van der Waals surface area contributed by atoms with E-state index in [9.17, 15) is 0 Å². The number of rotatable bonds is 4. The summed E-state index contributed by atoms with van der Waals surface area (Å²) in [6, 6.07) is 58.8. The predicted octanol–water partition coefficient (Wildman–Crippen LogP) is 11.8. The average Bonchev–Trinajstić information content (AvgIpc) is 3.82. The highest BCUT2D eigenvalue weighted by Gasteiger charge is 2.18. The molecule has 0 spiro atoms. The molecule has 220 valence electrons. The molecule has 4 heteroatoms. The Bertz CT molecular complexity index is 2800. The smallest absolute Gasteiger partial charge is 0.145 e. The van der Waals surface area contributed by atoms with Crippen molar-refractivity contribution >= 4 is 64.3 Å². The summed E-state index contributed by atoms with van der Waals surface area (Å²) in [6.45, 7) is 0. The monoisotopic (exact) mass is 617 g/mol. The van der Waals surface area contributed by atoms with Crippen molar-refractivity contribution in [2.24, 2.45) is 0 Å². The molecule has 10 aromatic rings. The van der Waals surface area contributed by atoms with Crippen LogP contribution in [0.1, 0.15) is 0 Å². The molecule has 0 aliphatic carbocycles. The van der Waals surface area contributed by atoms with E-state index in [-0.39, 0.29) is 0 Å². The highest BCUT2D eigenvalue weighted by Crippen LogP contribution is 2.42. The molecule has 7 aromatic carbocycles. The molecule has 47 heavy (non-hydrogen) atoms. The molecule has 3 nitrogen and oxygen atoms in total. The molecule has 0 amide bonds. The number of thiophene rings is 1. The summed E-state index contributed by atoms with van der Waals surface area (Å²) in [6.07, 6.45) is 0. The van der Waals surface area contributed by atoms with Gasteiger partial charge in [0.15, 0.2) is 0 Å². The minimum absolute atomic E-state index is 0.929. The van der Waals surface area contributed by atoms with Crippen molar-refractivity contribution in [3.05, 3.63) is 164 Å². The van der Waals surface area contributed by atoms with Crippen LogP contribution in [0.5, 0.6) is 0 Å². The van der Waals surface area contributed by atoms with Crippen molar-refractivity contribution in [2.75, 3.05) is 0 Å². The lowest BCUT2D eigenvalue weighted by molar-refractivity contribution is 1.10. The quantitative estimate of drug-likeness (QED) is 0.193. The van der Waals surface area contributed by atoms with Gasteiger partial charge < -0.3 is 4.57 Å². The topological polar surface area (TPSA) is 22.8 Å². The number of nitrogens with zero attached hydrogens (tertiary/aromatic N) is 3. The van der Waals surface area contributed by atoms with Gasteiger partial charge in [0.25, 0.3) is 0 Å². The first kappa shape index (κ1) is 26.3. The zero-order chi connectivity index (χ0) is 30.9. The maximum absolute atomic E-state index is 5.15. The van der Waals surface area contributed by atoms with Crippen LogP contribution < -0.4 is 0 Å². The lowest BCUT2D eigenvalue weighted by Gasteiger charge is -2.12. The van der Waals surface area contributed by atoms with Crippen molar-refractivity contribution in [3.63, 3.8) is 0 Å². The van der Waals surface area contributed by atoms with Crippen LogP contribution in [0.15, 0.2) is 164 Å². The third-order valence-corrected chi connectivity index (χ3v) is 10.5. The Morgan fingerprint density at radius 2 is 1.13 bits per heavy atom. The zero-order valence-corrected chi connectivity index (χ0v) is 26.2. The fourth-order valence-corrected chi connectivity index (χ4v) is 8.47. The van der Waals surface area contributed by atoms with Gasteiger partial charge in [-0.1, -0.05) is 103 Å². The van der Waals surface area contributed by atoms with Gasteiger partial charge in [-0.3, -0.25) is 4.57 Å². The highest BCUT2D eigenvalue weighted by atomic mass is 32.1. The minimum atomic E-state index is 0.929. The molecular weight excluding hydrogens is 591 g/mol. The summed E-state index contributed by atoms with van der Waals surface area (Å²) in [7, 11) is 0. The van der Waals surface area contributed by atoms with Gasteiger partial charge in [0, 0.05) is 47.9 Å². The number of fused-ring (bicyclic) bond motifs is 7. The maximum Gasteiger partial charge on any atom is 0.145 e. The van der Waals surface area contributed by atoms with Crippen LogP contribution in [-0.2, 0) is 0 Å². The van der Waals surface area contributed by atoms with Crippen LogP contribution >= 0.6 is 11.3 Å². The normalized spacial score (nSPS) is 11.8. The fourth-order valence-electron chi connectivity index (χ4n) is 7.24. The second-order valence-corrected chi connectivity index (χ2v) is 13.1. The van der Waals surface area contributed by atoms with Crippen LogP contribution in [0.25, 0.3) is 86.9 Å². The number of aromatic nitrogens is 3. The van der Waals surface area contributed by atoms with E-state index in [0.717, 1.165) is 33.8 Å². The van der Waals surface area contributed by atoms with Gasteiger partial charge in [-0.05, 0) is 71.8 Å². The average molecular weight is 618 g/mol. The van der Waals surface area contributed by atoms with Crippen molar-refractivity contribution < 1.29 is 0 Å². The molecule has 0 atom stereocenters. The predicted molar refractivity (Wildman–Crippen MR) is 199 cm³/mol. The Hall–Kier alpha value is -5.97. The summed E-state index contributed by atoms with van der Waals surface area (Å²) in [4.78, 5) is 5.15. The fraction of sp³-hybridized carbons (Fsp3) is 0. The largest absolute Gasteiger partial charge is 0.309 e. The van der Waals surface area contributed by atoms with E-state index in [2.05, 4.69) is 173 Å². The first-order valence-corrected chi connectivity index (χ1v) is 16.7. The Morgan fingerprint density at radius 1 is 0.426 bits per heavy atom. The Morgan fingerprint density at radius 3 is 2.04 bits per heavy atom. The van der Waals surface area contributed by atoms with E-state index < -0.39 is 0 Å². The summed E-state index contributed by atoms with van der Waals surface area (Å²) in [5.41, 5.74) is 10.3. The third-order valence-electron chi connectivity index (χ3n) is 9.33. The lowest BCUT2D eigenvalue weighted by atomic mass is 10.0. The molecule has 0 saturated heterocycles. The number of imidazole rings is 1. The van der Waals surface area contributed by atoms with Crippen LogP contribution in [-0.4, -0.2) is 14.1 Å². The second-order valence-electron chi connectivity index (χ2n) is 12.0. The van der Waals surface area contributed by atoms with Crippen LogP contribution in [0.2, 0.25) is 0 Å². The number of hydrogen-bond donors (Lipinski definition) is 0. The van der Waals surface area contributed by atoms with Gasteiger partial charge in [-0.25, -0.2) is 4.98 Å². The van der Waals surface area contributed by atoms with E-state index in [1.54, 1.807) is 0 Å². The summed E-state index contributed by atoms with van der Waals surface area (Å²) in [5.74, 6) is 0.929. The van der Waals surface area contributed by atoms with Gasteiger partial charge >= 0.3 is 0 Å². The maximum atomic E-state index is 5.15. The summed E-state index contributed by atoms with van der Waals surface area (Å²) in [5, 5.41) is 5.14. The molecular formula is C43H27N3S. The molecule has 0 N–H and O–H groups in total. The molecule has 3 heterocycles. The van der Waals surface area contributed by atoms with Gasteiger partial charge in [0.2, 0.25) is 0 Å². The van der Waals surface area contributed by atoms with Crippen molar-refractivity contribution in [3.8, 4) is 33.9 Å². The Balaban J connectivity index is 1.17. The van der Waals surface area contributed by atoms with Crippen LogP contribution in [0.3, 0.4) is 0 Å². The molecule has 0 unspecified atom stereocenters. The van der Waals surface area contributed by atoms with Crippen LogP contribution in [0.4, 0.5) is 0 Å². The Labute approximate surface area is 275 Å². The number of benzene rings is 7. The standard InChI is InChI=1S/C43H27N3S/c1-2-13-30(14-3-1)46-40-22-8-6-20-37(40)44-43(46)29-12-10-15-31(26-29)45-38-21-7-4-16-33(38)36-27-28(24-25-39(36)45)32-18-11-19-35-34-17-5-9-23-41(34)47-42(32)35/h1-27H. The van der Waals surface area contributed by atoms with Gasteiger partial charge in [0.1, 0.15) is 5.82 Å². The van der Waals surface area contributed by atoms with E-state index in [0.29, 0.717) is 0 Å². The minimum Gasteiger partial charge on any atom is -0.309 e. The number of para-hydroxylation sites is 4. The molecule has 0 saturated carbocycles. The highest BCUT2D eigenvalue weighted by molar-refractivity contribution is 7.26. The summed E-state index contributed by atoms with van der Waals surface area (Å²) < 4.78 is 7.33. The van der Waals surface area contributed by atoms with Gasteiger partial charge in [0.05, 0.1) is 22.1 Å². The van der Waals surface area contributed by atoms with Gasteiger partial charge in [-0.2, -0.15) is 0 Å². The number of hydrogen-bond acceptors (Lipinski definition) is 2.